The van der Waals surface area contributed by atoms with Gasteiger partial charge in [0.25, 0.3) is 0 Å². The van der Waals surface area contributed by atoms with E-state index in [0.29, 0.717) is 24.8 Å². The minimum Gasteiger partial charge on any atom is -1.00 e. The number of hydrogen-bond acceptors (Lipinski definition) is 7. The number of nitrogens with one attached hydrogen (secondary N) is 3. The van der Waals surface area contributed by atoms with Gasteiger partial charge in [-0.25, -0.2) is 4.79 Å². The number of benzene rings is 2. The number of aromatic nitrogens is 1. The number of nitrogens with zero attached hydrogens (tertiary/aromatic N) is 1. The lowest BCUT2D eigenvalue weighted by Crippen LogP contribution is -3.00. The molecule has 3 atom stereocenters. The number of pyridine rings is 1. The standard InChI is InChI=1S/C35H44N4O6S.ClH/c1-42-28-12-11-22-17-27-24-19-29(43-2)30(18-23(24)13-15-39(27)20-25(22)34(28)44-3)45-16-8-4-7-14-36-32(40)10-6-5-9-31-33-26(21-46-31)37-35(41)38-33;/h11-12,17-20,26,31,33H,4-10,13-16,21H2,1-3H3,(H2-,36,37,38,40,41);1H/t26-,31-,33-;/m0./s1. The third-order valence-corrected chi connectivity index (χ3v) is 10.8. The maximum absolute atomic E-state index is 12.3. The molecule has 0 unspecified atom stereocenters. The summed E-state index contributed by atoms with van der Waals surface area (Å²) >= 11 is 1.92. The first-order valence-electron chi connectivity index (χ1n) is 16.4. The van der Waals surface area contributed by atoms with Crippen LogP contribution in [0.3, 0.4) is 0 Å². The van der Waals surface area contributed by atoms with Crippen LogP contribution in [-0.2, 0) is 17.8 Å². The molecular formula is C35H45ClN4O6S. The molecule has 2 fully saturated rings. The zero-order valence-electron chi connectivity index (χ0n) is 27.4. The minimum absolute atomic E-state index is 0. The largest absolute Gasteiger partial charge is 1.00 e. The number of urea groups is 1. The average Bonchev–Trinajstić information content (AvgIpc) is 3.63. The van der Waals surface area contributed by atoms with E-state index in [-0.39, 0.29) is 36.4 Å². The van der Waals surface area contributed by atoms with Crippen LogP contribution in [0.1, 0.15) is 50.5 Å². The van der Waals surface area contributed by atoms with Crippen molar-refractivity contribution in [3.8, 4) is 34.3 Å². The fraction of sp³-hybridized carbons (Fsp3) is 0.514. The maximum atomic E-state index is 12.3. The number of thioether (sulfide) groups is 1. The molecule has 0 saturated carbocycles. The molecule has 0 aliphatic carbocycles. The molecule has 1 aromatic heterocycles. The second-order valence-corrected chi connectivity index (χ2v) is 13.5. The summed E-state index contributed by atoms with van der Waals surface area (Å²) in [7, 11) is 5.01. The molecule has 3 aliphatic heterocycles. The first-order valence-corrected chi connectivity index (χ1v) is 17.4. The van der Waals surface area contributed by atoms with Gasteiger partial charge in [-0.3, -0.25) is 4.79 Å². The molecule has 0 bridgehead atoms. The summed E-state index contributed by atoms with van der Waals surface area (Å²) in [5.74, 6) is 4.05. The average molecular weight is 685 g/mol. The Balaban J connectivity index is 0.00000433. The summed E-state index contributed by atoms with van der Waals surface area (Å²) in [4.78, 5) is 23.8. The number of rotatable bonds is 15. The predicted molar refractivity (Wildman–Crippen MR) is 179 cm³/mol. The molecule has 10 nitrogen and oxygen atoms in total. The first kappa shape index (κ1) is 34.8. The summed E-state index contributed by atoms with van der Waals surface area (Å²) < 4.78 is 25.4. The van der Waals surface area contributed by atoms with Gasteiger partial charge in [-0.15, -0.1) is 0 Å². The van der Waals surface area contributed by atoms with Crippen molar-refractivity contribution in [3.63, 3.8) is 0 Å². The van der Waals surface area contributed by atoms with Crippen LogP contribution in [0.2, 0.25) is 0 Å². The van der Waals surface area contributed by atoms with E-state index in [4.69, 9.17) is 18.9 Å². The number of ether oxygens (including phenoxy) is 4. The number of methoxy groups -OCH3 is 3. The van der Waals surface area contributed by atoms with E-state index in [9.17, 15) is 9.59 Å². The van der Waals surface area contributed by atoms with Gasteiger partial charge < -0.3 is 47.3 Å². The minimum atomic E-state index is -0.0474. The van der Waals surface area contributed by atoms with Gasteiger partial charge in [0.15, 0.2) is 35.7 Å². The normalized spacial score (nSPS) is 19.0. The van der Waals surface area contributed by atoms with Crippen LogP contribution in [0.4, 0.5) is 4.79 Å². The van der Waals surface area contributed by atoms with Gasteiger partial charge in [0.1, 0.15) is 0 Å². The van der Waals surface area contributed by atoms with Crippen LogP contribution >= 0.6 is 11.8 Å². The summed E-state index contributed by atoms with van der Waals surface area (Å²) in [6, 6.07) is 10.9. The second kappa shape index (κ2) is 16.0. The Kier molecular flexibility index (Phi) is 11.8. The molecule has 0 spiro atoms. The fourth-order valence-corrected chi connectivity index (χ4v) is 8.38. The van der Waals surface area contributed by atoms with Crippen molar-refractivity contribution >= 4 is 34.5 Å². The van der Waals surface area contributed by atoms with E-state index in [0.717, 1.165) is 102 Å². The predicted octanol–water partition coefficient (Wildman–Crippen LogP) is 1.77. The topological polar surface area (TPSA) is 111 Å². The number of fused-ring (bicyclic) bond motifs is 5. The van der Waals surface area contributed by atoms with E-state index in [1.165, 1.54) is 5.56 Å². The highest BCUT2D eigenvalue weighted by atomic mass is 35.5. The number of unbranched alkanes of at least 4 members (excludes halogenated alkanes) is 3. The third kappa shape index (κ3) is 7.78. The van der Waals surface area contributed by atoms with Gasteiger partial charge in [-0.05, 0) is 67.3 Å². The Bertz CT molecular complexity index is 1590. The van der Waals surface area contributed by atoms with Crippen molar-refractivity contribution in [1.29, 1.82) is 0 Å². The number of carbonyl (C=O) groups is 2. The Morgan fingerprint density at radius 3 is 2.64 bits per heavy atom. The highest BCUT2D eigenvalue weighted by Gasteiger charge is 2.42. The van der Waals surface area contributed by atoms with E-state index < -0.39 is 0 Å². The number of hydrogen-bond donors (Lipinski definition) is 3. The van der Waals surface area contributed by atoms with Gasteiger partial charge in [-0.2, -0.15) is 16.3 Å². The Hall–Kier alpha value is -3.57. The van der Waals surface area contributed by atoms with Crippen LogP contribution in [0.15, 0.2) is 36.5 Å². The molecule has 2 saturated heterocycles. The highest BCUT2D eigenvalue weighted by molar-refractivity contribution is 8.00. The molecule has 3 aromatic rings. The molecule has 3 amide bonds. The van der Waals surface area contributed by atoms with Gasteiger partial charge in [0, 0.05) is 36.5 Å². The van der Waals surface area contributed by atoms with Crippen LogP contribution in [0.25, 0.3) is 22.0 Å². The third-order valence-electron chi connectivity index (χ3n) is 9.27. The summed E-state index contributed by atoms with van der Waals surface area (Å²) in [5, 5.41) is 11.6. The Morgan fingerprint density at radius 2 is 1.83 bits per heavy atom. The zero-order chi connectivity index (χ0) is 32.0. The maximum Gasteiger partial charge on any atom is 0.315 e. The molecule has 254 valence electrons. The molecule has 6 rings (SSSR count). The SMILES string of the molecule is COc1cc2c(cc1OCCCCCNC(=O)CCCC[C@@H]1SC[C@@H]3NC(=O)N[C@@H]31)CC[n+]1cc3c(OC)c(OC)ccc3cc1-2.[Cl-]. The Labute approximate surface area is 287 Å². The van der Waals surface area contributed by atoms with Crippen molar-refractivity contribution in [3.05, 3.63) is 42.1 Å². The van der Waals surface area contributed by atoms with Gasteiger partial charge in [0.2, 0.25) is 11.6 Å². The molecule has 3 aliphatic rings. The van der Waals surface area contributed by atoms with Crippen LogP contribution < -0.4 is 51.9 Å². The zero-order valence-corrected chi connectivity index (χ0v) is 28.9. The summed E-state index contributed by atoms with van der Waals surface area (Å²) in [5.41, 5.74) is 3.52. The lowest BCUT2D eigenvalue weighted by atomic mass is 9.95. The number of aryl methyl sites for hydroxylation is 2. The van der Waals surface area contributed by atoms with Gasteiger partial charge in [0.05, 0.1) is 51.0 Å². The van der Waals surface area contributed by atoms with E-state index in [1.54, 1.807) is 21.3 Å². The smallest absolute Gasteiger partial charge is 0.315 e. The van der Waals surface area contributed by atoms with Crippen molar-refractivity contribution in [2.75, 3.05) is 40.2 Å². The van der Waals surface area contributed by atoms with Gasteiger partial charge >= 0.3 is 6.03 Å². The van der Waals surface area contributed by atoms with Gasteiger partial charge in [-0.1, -0.05) is 6.42 Å². The quantitative estimate of drug-likeness (QED) is 0.127. The first-order chi connectivity index (χ1) is 22.5. The van der Waals surface area contributed by atoms with E-state index in [1.807, 2.05) is 17.8 Å². The highest BCUT2D eigenvalue weighted by Crippen LogP contribution is 2.40. The lowest BCUT2D eigenvalue weighted by molar-refractivity contribution is -0.686. The number of carbonyl (C=O) groups excluding carboxylic acids is 2. The van der Waals surface area contributed by atoms with Crippen LogP contribution in [-0.4, -0.2) is 69.5 Å². The molecule has 0 radical (unpaired) electrons. The molecule has 4 heterocycles. The van der Waals surface area contributed by atoms with Crippen molar-refractivity contribution < 1.29 is 45.5 Å². The van der Waals surface area contributed by atoms with Crippen molar-refractivity contribution in [2.45, 2.75) is 75.2 Å². The molecule has 2 aromatic carbocycles. The monoisotopic (exact) mass is 684 g/mol. The van der Waals surface area contributed by atoms with Crippen molar-refractivity contribution in [1.82, 2.24) is 16.0 Å². The van der Waals surface area contributed by atoms with Crippen LogP contribution in [0, 0.1) is 0 Å². The van der Waals surface area contributed by atoms with Crippen molar-refractivity contribution in [2.24, 2.45) is 0 Å². The van der Waals surface area contributed by atoms with Crippen LogP contribution in [0.5, 0.6) is 23.0 Å². The molecule has 12 heteroatoms. The number of amides is 3. The Morgan fingerprint density at radius 1 is 0.979 bits per heavy atom. The molecule has 47 heavy (non-hydrogen) atoms. The van der Waals surface area contributed by atoms with E-state index in [2.05, 4.69) is 51.0 Å². The lowest BCUT2D eigenvalue weighted by Gasteiger charge is -2.19. The summed E-state index contributed by atoms with van der Waals surface area (Å²) in [6.07, 6.45) is 9.30. The molecule has 3 N–H and O–H groups in total. The summed E-state index contributed by atoms with van der Waals surface area (Å²) in [6.45, 7) is 2.14. The second-order valence-electron chi connectivity index (χ2n) is 12.2. The van der Waals surface area contributed by atoms with E-state index >= 15 is 0 Å². The number of halogens is 1. The molecular weight excluding hydrogens is 640 g/mol. The fourth-order valence-electron chi connectivity index (χ4n) is 6.83.